The molecule has 1 aromatic heterocycles. The molecule has 3 rings (SSSR count). The lowest BCUT2D eigenvalue weighted by molar-refractivity contribution is -0.136. The Morgan fingerprint density at radius 2 is 2.41 bits per heavy atom. The molecule has 2 unspecified atom stereocenters. The molecule has 1 amide bonds. The standard InChI is InChI=1S/C12H18N4O/c17-12(9-15-5-2-4-14-15)16-6-1-3-10-7-13-8-11(10)16/h2,4-5,10-11,13H,1,3,6-9H2. The highest BCUT2D eigenvalue weighted by atomic mass is 16.2. The average molecular weight is 234 g/mol. The zero-order valence-corrected chi connectivity index (χ0v) is 9.88. The molecule has 0 saturated carbocycles. The molecule has 2 fully saturated rings. The molecule has 2 atom stereocenters. The van der Waals surface area contributed by atoms with Crippen molar-refractivity contribution < 1.29 is 4.79 Å². The van der Waals surface area contributed by atoms with Gasteiger partial charge < -0.3 is 10.2 Å². The third-order valence-electron chi connectivity index (χ3n) is 3.86. The molecule has 5 heteroatoms. The highest BCUT2D eigenvalue weighted by Crippen LogP contribution is 2.26. The summed E-state index contributed by atoms with van der Waals surface area (Å²) in [6, 6.07) is 2.26. The third kappa shape index (κ3) is 2.07. The van der Waals surface area contributed by atoms with Gasteiger partial charge in [-0.2, -0.15) is 5.10 Å². The van der Waals surface area contributed by atoms with Crippen LogP contribution in [0, 0.1) is 5.92 Å². The van der Waals surface area contributed by atoms with Gasteiger partial charge in [0.1, 0.15) is 6.54 Å². The number of fused-ring (bicyclic) bond motifs is 1. The number of likely N-dealkylation sites (tertiary alicyclic amines) is 1. The van der Waals surface area contributed by atoms with Gasteiger partial charge in [-0.15, -0.1) is 0 Å². The zero-order valence-electron chi connectivity index (χ0n) is 9.88. The monoisotopic (exact) mass is 234 g/mol. The van der Waals surface area contributed by atoms with E-state index in [1.54, 1.807) is 10.9 Å². The second-order valence-electron chi connectivity index (χ2n) is 4.92. The van der Waals surface area contributed by atoms with Crippen LogP contribution in [-0.4, -0.2) is 46.3 Å². The van der Waals surface area contributed by atoms with Gasteiger partial charge in [0.05, 0.1) is 0 Å². The molecule has 1 N–H and O–H groups in total. The van der Waals surface area contributed by atoms with Crippen LogP contribution in [0.5, 0.6) is 0 Å². The van der Waals surface area contributed by atoms with Gasteiger partial charge >= 0.3 is 0 Å². The molecule has 2 aliphatic rings. The molecule has 17 heavy (non-hydrogen) atoms. The van der Waals surface area contributed by atoms with Gasteiger partial charge in [0, 0.05) is 38.1 Å². The zero-order chi connectivity index (χ0) is 11.7. The molecular formula is C12H18N4O. The predicted molar refractivity (Wildman–Crippen MR) is 63.3 cm³/mol. The number of amides is 1. The number of carbonyl (C=O) groups excluding carboxylic acids is 1. The molecule has 0 bridgehead atoms. The summed E-state index contributed by atoms with van der Waals surface area (Å²) < 4.78 is 1.70. The van der Waals surface area contributed by atoms with Gasteiger partial charge in [0.25, 0.3) is 0 Å². The van der Waals surface area contributed by atoms with Gasteiger partial charge in [0.2, 0.25) is 5.91 Å². The minimum atomic E-state index is 0.201. The summed E-state index contributed by atoms with van der Waals surface area (Å²) in [5.41, 5.74) is 0. The van der Waals surface area contributed by atoms with Gasteiger partial charge in [-0.3, -0.25) is 9.48 Å². The first kappa shape index (κ1) is 10.8. The van der Waals surface area contributed by atoms with Crippen molar-refractivity contribution in [2.24, 2.45) is 5.92 Å². The summed E-state index contributed by atoms with van der Waals surface area (Å²) in [6.45, 7) is 3.30. The molecule has 1 aromatic rings. The fourth-order valence-electron chi connectivity index (χ4n) is 3.00. The fourth-order valence-corrected chi connectivity index (χ4v) is 3.00. The van der Waals surface area contributed by atoms with Gasteiger partial charge in [-0.1, -0.05) is 0 Å². The molecule has 3 heterocycles. The van der Waals surface area contributed by atoms with Crippen molar-refractivity contribution in [1.82, 2.24) is 20.0 Å². The molecule has 92 valence electrons. The molecular weight excluding hydrogens is 216 g/mol. The van der Waals surface area contributed by atoms with E-state index in [0.29, 0.717) is 18.5 Å². The van der Waals surface area contributed by atoms with E-state index >= 15 is 0 Å². The lowest BCUT2D eigenvalue weighted by atomic mass is 9.92. The second kappa shape index (κ2) is 4.49. The Balaban J connectivity index is 1.68. The first-order chi connectivity index (χ1) is 8.34. The number of rotatable bonds is 2. The van der Waals surface area contributed by atoms with Crippen LogP contribution in [0.1, 0.15) is 12.8 Å². The molecule has 5 nitrogen and oxygen atoms in total. The van der Waals surface area contributed by atoms with E-state index in [0.717, 1.165) is 26.1 Å². The van der Waals surface area contributed by atoms with Crippen LogP contribution >= 0.6 is 0 Å². The van der Waals surface area contributed by atoms with E-state index in [1.165, 1.54) is 6.42 Å². The van der Waals surface area contributed by atoms with E-state index in [1.807, 2.05) is 12.3 Å². The van der Waals surface area contributed by atoms with Crippen LogP contribution in [0.4, 0.5) is 0 Å². The molecule has 0 spiro atoms. The Bertz CT molecular complexity index is 389. The summed E-state index contributed by atoms with van der Waals surface area (Å²) in [6.07, 6.45) is 5.94. The van der Waals surface area contributed by atoms with Gasteiger partial charge in [-0.05, 0) is 24.8 Å². The Labute approximate surface area is 101 Å². The van der Waals surface area contributed by atoms with Crippen molar-refractivity contribution in [3.05, 3.63) is 18.5 Å². The smallest absolute Gasteiger partial charge is 0.244 e. The van der Waals surface area contributed by atoms with Crippen molar-refractivity contribution in [1.29, 1.82) is 0 Å². The minimum Gasteiger partial charge on any atom is -0.337 e. The minimum absolute atomic E-state index is 0.201. The van der Waals surface area contributed by atoms with Crippen molar-refractivity contribution in [3.63, 3.8) is 0 Å². The quantitative estimate of drug-likeness (QED) is 0.789. The van der Waals surface area contributed by atoms with E-state index in [4.69, 9.17) is 0 Å². The fraction of sp³-hybridized carbons (Fsp3) is 0.667. The summed E-state index contributed by atoms with van der Waals surface area (Å²) in [5.74, 6) is 0.859. The number of hydrogen-bond acceptors (Lipinski definition) is 3. The lowest BCUT2D eigenvalue weighted by Crippen LogP contribution is -2.49. The lowest BCUT2D eigenvalue weighted by Gasteiger charge is -2.37. The van der Waals surface area contributed by atoms with E-state index in [-0.39, 0.29) is 5.91 Å². The van der Waals surface area contributed by atoms with Crippen molar-refractivity contribution >= 4 is 5.91 Å². The van der Waals surface area contributed by atoms with Crippen molar-refractivity contribution in [2.75, 3.05) is 19.6 Å². The summed E-state index contributed by atoms with van der Waals surface area (Å²) in [4.78, 5) is 14.3. The number of carbonyl (C=O) groups is 1. The average Bonchev–Trinajstić information content (AvgIpc) is 2.97. The molecule has 0 radical (unpaired) electrons. The van der Waals surface area contributed by atoms with Gasteiger partial charge in [-0.25, -0.2) is 0 Å². The van der Waals surface area contributed by atoms with E-state index in [9.17, 15) is 4.79 Å². The topological polar surface area (TPSA) is 50.2 Å². The van der Waals surface area contributed by atoms with E-state index < -0.39 is 0 Å². The van der Waals surface area contributed by atoms with Crippen LogP contribution in [0.25, 0.3) is 0 Å². The molecule has 0 aliphatic carbocycles. The molecule has 0 aromatic carbocycles. The SMILES string of the molecule is O=C(Cn1cccn1)N1CCCC2CNCC21. The van der Waals surface area contributed by atoms with Crippen molar-refractivity contribution in [3.8, 4) is 0 Å². The van der Waals surface area contributed by atoms with Gasteiger partial charge in [0.15, 0.2) is 0 Å². The third-order valence-corrected chi connectivity index (χ3v) is 3.86. The molecule has 2 aliphatic heterocycles. The first-order valence-electron chi connectivity index (χ1n) is 6.32. The normalized spacial score (nSPS) is 28.1. The van der Waals surface area contributed by atoms with Crippen LogP contribution in [0.3, 0.4) is 0 Å². The number of aromatic nitrogens is 2. The number of nitrogens with one attached hydrogen (secondary N) is 1. The highest BCUT2D eigenvalue weighted by Gasteiger charge is 2.37. The number of nitrogens with zero attached hydrogens (tertiary/aromatic N) is 3. The predicted octanol–water partition coefficient (Wildman–Crippen LogP) is 0.0935. The second-order valence-corrected chi connectivity index (χ2v) is 4.92. The Morgan fingerprint density at radius 3 is 3.24 bits per heavy atom. The van der Waals surface area contributed by atoms with Crippen LogP contribution in [0.2, 0.25) is 0 Å². The maximum atomic E-state index is 12.2. The summed E-state index contributed by atoms with van der Waals surface area (Å²) in [7, 11) is 0. The Hall–Kier alpha value is -1.36. The van der Waals surface area contributed by atoms with Crippen LogP contribution in [0.15, 0.2) is 18.5 Å². The summed E-state index contributed by atoms with van der Waals surface area (Å²) >= 11 is 0. The number of hydrogen-bond donors (Lipinski definition) is 1. The highest BCUT2D eigenvalue weighted by molar-refractivity contribution is 5.76. The van der Waals surface area contributed by atoms with E-state index in [2.05, 4.69) is 15.3 Å². The Morgan fingerprint density at radius 1 is 1.47 bits per heavy atom. The molecule has 2 saturated heterocycles. The van der Waals surface area contributed by atoms with Crippen LogP contribution in [-0.2, 0) is 11.3 Å². The first-order valence-corrected chi connectivity index (χ1v) is 6.32. The summed E-state index contributed by atoms with van der Waals surface area (Å²) in [5, 5.41) is 7.48. The maximum absolute atomic E-state index is 12.2. The largest absolute Gasteiger partial charge is 0.337 e. The van der Waals surface area contributed by atoms with Crippen molar-refractivity contribution in [2.45, 2.75) is 25.4 Å². The number of piperidine rings is 1. The Kier molecular flexibility index (Phi) is 2.84. The maximum Gasteiger partial charge on any atom is 0.244 e. The van der Waals surface area contributed by atoms with Crippen LogP contribution < -0.4 is 5.32 Å².